The maximum Gasteiger partial charge on any atom is 0.224 e. The van der Waals surface area contributed by atoms with E-state index in [0.29, 0.717) is 0 Å². The summed E-state index contributed by atoms with van der Waals surface area (Å²) in [4.78, 5) is 14.3. The summed E-state index contributed by atoms with van der Waals surface area (Å²) in [5.74, 6) is -0.119. The van der Waals surface area contributed by atoms with E-state index in [4.69, 9.17) is 5.73 Å². The highest BCUT2D eigenvalue weighted by Crippen LogP contribution is 2.30. The monoisotopic (exact) mass is 196 g/mol. The maximum absolute atomic E-state index is 10.8. The van der Waals surface area contributed by atoms with Crippen molar-refractivity contribution in [3.8, 4) is 0 Å². The molecule has 4 heteroatoms. The van der Waals surface area contributed by atoms with E-state index in [2.05, 4.69) is 24.0 Å². The van der Waals surface area contributed by atoms with E-state index in [-0.39, 0.29) is 11.8 Å². The number of carbonyl (C=O) groups is 1. The molecule has 1 aromatic heterocycles. The van der Waals surface area contributed by atoms with Crippen molar-refractivity contribution in [2.75, 3.05) is 18.0 Å². The topological polar surface area (TPSA) is 46.3 Å². The zero-order valence-corrected chi connectivity index (χ0v) is 8.30. The summed E-state index contributed by atoms with van der Waals surface area (Å²) in [5.41, 5.74) is 5.18. The van der Waals surface area contributed by atoms with Crippen LogP contribution in [0.3, 0.4) is 0 Å². The summed E-state index contributed by atoms with van der Waals surface area (Å²) < 4.78 is 0. The molecule has 1 saturated heterocycles. The van der Waals surface area contributed by atoms with Gasteiger partial charge in [0.1, 0.15) is 0 Å². The van der Waals surface area contributed by atoms with Crippen LogP contribution in [0.1, 0.15) is 4.88 Å². The molecule has 13 heavy (non-hydrogen) atoms. The smallest absolute Gasteiger partial charge is 0.224 e. The maximum atomic E-state index is 10.8. The Morgan fingerprint density at radius 3 is 2.77 bits per heavy atom. The van der Waals surface area contributed by atoms with Gasteiger partial charge in [-0.25, -0.2) is 0 Å². The predicted molar refractivity (Wildman–Crippen MR) is 54.0 cm³/mol. The minimum absolute atomic E-state index is 0.0578. The van der Waals surface area contributed by atoms with Crippen LogP contribution in [0.15, 0.2) is 12.1 Å². The van der Waals surface area contributed by atoms with Crippen LogP contribution in [0.4, 0.5) is 5.00 Å². The van der Waals surface area contributed by atoms with Gasteiger partial charge in [-0.1, -0.05) is 0 Å². The molecule has 1 fully saturated rings. The van der Waals surface area contributed by atoms with Gasteiger partial charge in [0.05, 0.1) is 10.9 Å². The summed E-state index contributed by atoms with van der Waals surface area (Å²) in [6.45, 7) is 3.66. The van der Waals surface area contributed by atoms with Crippen LogP contribution in [0.5, 0.6) is 0 Å². The zero-order chi connectivity index (χ0) is 9.42. The molecule has 0 saturated carbocycles. The van der Waals surface area contributed by atoms with E-state index in [0.717, 1.165) is 13.1 Å². The molecular weight excluding hydrogens is 184 g/mol. The number of amides is 1. The van der Waals surface area contributed by atoms with Gasteiger partial charge in [-0.2, -0.15) is 0 Å². The summed E-state index contributed by atoms with van der Waals surface area (Å²) in [5, 5.41) is 1.25. The lowest BCUT2D eigenvalue weighted by Crippen LogP contribution is -2.52. The van der Waals surface area contributed by atoms with Crippen molar-refractivity contribution in [1.29, 1.82) is 0 Å². The van der Waals surface area contributed by atoms with Crippen molar-refractivity contribution >= 4 is 22.2 Å². The lowest BCUT2D eigenvalue weighted by molar-refractivity contribution is -0.122. The molecule has 3 nitrogen and oxygen atoms in total. The molecule has 2 heterocycles. The second-order valence-corrected chi connectivity index (χ2v) is 4.65. The van der Waals surface area contributed by atoms with Gasteiger partial charge in [0.15, 0.2) is 0 Å². The van der Waals surface area contributed by atoms with Gasteiger partial charge in [0.25, 0.3) is 0 Å². The lowest BCUT2D eigenvalue weighted by Gasteiger charge is -2.38. The quantitative estimate of drug-likeness (QED) is 0.766. The SMILES string of the molecule is Cc1ccc(N2CC(C(N)=O)C2)s1. The second-order valence-electron chi connectivity index (χ2n) is 3.39. The average Bonchev–Trinajstić information content (AvgIpc) is 2.31. The van der Waals surface area contributed by atoms with Crippen LogP contribution >= 0.6 is 11.3 Å². The summed E-state index contributed by atoms with van der Waals surface area (Å²) in [6, 6.07) is 4.19. The van der Waals surface area contributed by atoms with E-state index in [9.17, 15) is 4.79 Å². The molecule has 2 N–H and O–H groups in total. The third-order valence-electron chi connectivity index (χ3n) is 2.32. The zero-order valence-electron chi connectivity index (χ0n) is 7.49. The Morgan fingerprint density at radius 1 is 1.62 bits per heavy atom. The number of anilines is 1. The molecule has 0 bridgehead atoms. The summed E-state index contributed by atoms with van der Waals surface area (Å²) in [7, 11) is 0. The minimum atomic E-state index is -0.176. The van der Waals surface area contributed by atoms with Crippen LogP contribution in [-0.2, 0) is 4.79 Å². The fourth-order valence-corrected chi connectivity index (χ4v) is 2.31. The second kappa shape index (κ2) is 3.03. The molecule has 0 aliphatic carbocycles. The fourth-order valence-electron chi connectivity index (χ4n) is 1.43. The molecule has 0 atom stereocenters. The van der Waals surface area contributed by atoms with Gasteiger partial charge < -0.3 is 10.6 Å². The highest BCUT2D eigenvalue weighted by Gasteiger charge is 2.31. The molecule has 1 aromatic rings. The first-order chi connectivity index (χ1) is 6.16. The van der Waals surface area contributed by atoms with E-state index in [1.807, 2.05) is 0 Å². The Balaban J connectivity index is 1.97. The third-order valence-corrected chi connectivity index (χ3v) is 3.38. The van der Waals surface area contributed by atoms with Gasteiger partial charge in [-0.15, -0.1) is 11.3 Å². The number of carbonyl (C=O) groups excluding carboxylic acids is 1. The lowest BCUT2D eigenvalue weighted by atomic mass is 10.0. The van der Waals surface area contributed by atoms with Crippen LogP contribution in [0, 0.1) is 12.8 Å². The molecule has 1 amide bonds. The number of hydrogen-bond donors (Lipinski definition) is 1. The van der Waals surface area contributed by atoms with E-state index in [1.165, 1.54) is 9.88 Å². The van der Waals surface area contributed by atoms with E-state index in [1.54, 1.807) is 11.3 Å². The average molecular weight is 196 g/mol. The number of nitrogens with two attached hydrogens (primary N) is 1. The van der Waals surface area contributed by atoms with E-state index < -0.39 is 0 Å². The third kappa shape index (κ3) is 1.54. The minimum Gasteiger partial charge on any atom is -0.369 e. The van der Waals surface area contributed by atoms with Crippen molar-refractivity contribution in [1.82, 2.24) is 0 Å². The number of primary amides is 1. The Kier molecular flexibility index (Phi) is 2.00. The highest BCUT2D eigenvalue weighted by molar-refractivity contribution is 7.16. The van der Waals surface area contributed by atoms with Crippen molar-refractivity contribution in [2.24, 2.45) is 11.7 Å². The van der Waals surface area contributed by atoms with Gasteiger partial charge in [0.2, 0.25) is 5.91 Å². The molecule has 0 aromatic carbocycles. The number of nitrogens with zero attached hydrogens (tertiary/aromatic N) is 1. The summed E-state index contributed by atoms with van der Waals surface area (Å²) >= 11 is 1.76. The number of thiophene rings is 1. The van der Waals surface area contributed by atoms with Crippen molar-refractivity contribution in [3.63, 3.8) is 0 Å². The highest BCUT2D eigenvalue weighted by atomic mass is 32.1. The fraction of sp³-hybridized carbons (Fsp3) is 0.444. The normalized spacial score (nSPS) is 17.2. The first kappa shape index (κ1) is 8.56. The number of hydrogen-bond acceptors (Lipinski definition) is 3. The van der Waals surface area contributed by atoms with Crippen LogP contribution in [-0.4, -0.2) is 19.0 Å². The standard InChI is InChI=1S/C9H12N2OS/c1-6-2-3-8(13-6)11-4-7(5-11)9(10)12/h2-3,7H,4-5H2,1H3,(H2,10,12). The van der Waals surface area contributed by atoms with Crippen LogP contribution < -0.4 is 10.6 Å². The molecule has 2 rings (SSSR count). The predicted octanol–water partition coefficient (Wildman–Crippen LogP) is 0.978. The van der Waals surface area contributed by atoms with Crippen molar-refractivity contribution < 1.29 is 4.79 Å². The molecular formula is C9H12N2OS. The van der Waals surface area contributed by atoms with Crippen LogP contribution in [0.2, 0.25) is 0 Å². The van der Waals surface area contributed by atoms with Crippen molar-refractivity contribution in [3.05, 3.63) is 17.0 Å². The molecule has 70 valence electrons. The Labute approximate surface area is 81.2 Å². The van der Waals surface area contributed by atoms with Crippen LogP contribution in [0.25, 0.3) is 0 Å². The summed E-state index contributed by atoms with van der Waals surface area (Å²) in [6.07, 6.45) is 0. The Hall–Kier alpha value is -1.03. The Bertz CT molecular complexity index is 328. The van der Waals surface area contributed by atoms with Crippen molar-refractivity contribution in [2.45, 2.75) is 6.92 Å². The molecule has 0 unspecified atom stereocenters. The molecule has 1 aliphatic heterocycles. The molecule has 0 spiro atoms. The molecule has 1 aliphatic rings. The first-order valence-corrected chi connectivity index (χ1v) is 5.09. The molecule has 0 radical (unpaired) electrons. The van der Waals surface area contributed by atoms with Gasteiger partial charge in [0, 0.05) is 18.0 Å². The Morgan fingerprint density at radius 2 is 2.31 bits per heavy atom. The van der Waals surface area contributed by atoms with Gasteiger partial charge >= 0.3 is 0 Å². The van der Waals surface area contributed by atoms with E-state index >= 15 is 0 Å². The van der Waals surface area contributed by atoms with Gasteiger partial charge in [-0.05, 0) is 19.1 Å². The first-order valence-electron chi connectivity index (χ1n) is 4.27. The number of aryl methyl sites for hydroxylation is 1. The van der Waals surface area contributed by atoms with Gasteiger partial charge in [-0.3, -0.25) is 4.79 Å². The largest absolute Gasteiger partial charge is 0.369 e. The number of rotatable bonds is 2.